The van der Waals surface area contributed by atoms with E-state index in [1.807, 2.05) is 6.92 Å². The van der Waals surface area contributed by atoms with Crippen LogP contribution in [0.15, 0.2) is 18.2 Å². The molecule has 20 heavy (non-hydrogen) atoms. The topological polar surface area (TPSA) is 105 Å². The Morgan fingerprint density at radius 3 is 2.50 bits per heavy atom. The number of imide groups is 1. The van der Waals surface area contributed by atoms with Crippen LogP contribution in [0.1, 0.15) is 6.92 Å². The van der Waals surface area contributed by atoms with Gasteiger partial charge < -0.3 is 10.2 Å². The molecule has 1 aromatic rings. The zero-order valence-corrected chi connectivity index (χ0v) is 10.9. The van der Waals surface area contributed by atoms with E-state index in [1.54, 1.807) is 6.07 Å². The van der Waals surface area contributed by atoms with Crippen molar-refractivity contribution in [3.63, 3.8) is 0 Å². The molecule has 2 amide bonds. The number of hydrogen-bond donors (Lipinski definition) is 2. The van der Waals surface area contributed by atoms with Crippen molar-refractivity contribution in [2.75, 3.05) is 29.9 Å². The fourth-order valence-electron chi connectivity index (χ4n) is 2.01. The fourth-order valence-corrected chi connectivity index (χ4v) is 2.01. The highest BCUT2D eigenvalue weighted by molar-refractivity contribution is 6.02. The molecule has 0 bridgehead atoms. The van der Waals surface area contributed by atoms with Crippen molar-refractivity contribution in [1.29, 1.82) is 0 Å². The Bertz CT molecular complexity index is 557. The molecule has 1 fully saturated rings. The number of non-ortho nitro benzene ring substituents is 1. The molecular formula is C12H14N4O4. The van der Waals surface area contributed by atoms with Crippen LogP contribution in [0.25, 0.3) is 0 Å². The highest BCUT2D eigenvalue weighted by Gasteiger charge is 2.24. The molecule has 2 rings (SSSR count). The van der Waals surface area contributed by atoms with Gasteiger partial charge in [-0.1, -0.05) is 0 Å². The van der Waals surface area contributed by atoms with Crippen molar-refractivity contribution >= 4 is 28.9 Å². The first-order valence-electron chi connectivity index (χ1n) is 6.10. The molecule has 0 aliphatic carbocycles. The van der Waals surface area contributed by atoms with E-state index in [2.05, 4.69) is 10.6 Å². The van der Waals surface area contributed by atoms with Crippen LogP contribution in [0.4, 0.5) is 17.1 Å². The highest BCUT2D eigenvalue weighted by atomic mass is 16.6. The number of carbonyl (C=O) groups excluding carboxylic acids is 2. The van der Waals surface area contributed by atoms with E-state index in [4.69, 9.17) is 0 Å². The summed E-state index contributed by atoms with van der Waals surface area (Å²) >= 11 is 0. The van der Waals surface area contributed by atoms with Crippen LogP contribution in [0, 0.1) is 10.1 Å². The van der Waals surface area contributed by atoms with Crippen LogP contribution < -0.4 is 15.5 Å². The fraction of sp³-hybridized carbons (Fsp3) is 0.333. The quantitative estimate of drug-likeness (QED) is 0.472. The van der Waals surface area contributed by atoms with E-state index < -0.39 is 16.7 Å². The van der Waals surface area contributed by atoms with Gasteiger partial charge in [0.05, 0.1) is 18.0 Å². The molecule has 0 radical (unpaired) electrons. The van der Waals surface area contributed by atoms with Gasteiger partial charge in [-0.2, -0.15) is 0 Å². The van der Waals surface area contributed by atoms with Crippen molar-refractivity contribution < 1.29 is 14.5 Å². The Morgan fingerprint density at radius 2 is 1.95 bits per heavy atom. The lowest BCUT2D eigenvalue weighted by Crippen LogP contribution is -2.51. The van der Waals surface area contributed by atoms with E-state index in [1.165, 1.54) is 17.0 Å². The predicted octanol–water partition coefficient (Wildman–Crippen LogP) is 0.489. The molecule has 106 valence electrons. The lowest BCUT2D eigenvalue weighted by atomic mass is 10.2. The number of benzene rings is 1. The minimum Gasteiger partial charge on any atom is -0.385 e. The zero-order chi connectivity index (χ0) is 14.7. The minimum atomic E-state index is -0.504. The second-order valence-electron chi connectivity index (χ2n) is 4.35. The monoisotopic (exact) mass is 278 g/mol. The molecule has 1 aliphatic rings. The Balaban J connectivity index is 2.36. The summed E-state index contributed by atoms with van der Waals surface area (Å²) in [7, 11) is 0. The minimum absolute atomic E-state index is 0.00152. The molecule has 0 saturated carbocycles. The lowest BCUT2D eigenvalue weighted by Gasteiger charge is -2.27. The van der Waals surface area contributed by atoms with Crippen molar-refractivity contribution in [1.82, 2.24) is 5.32 Å². The molecule has 0 spiro atoms. The molecule has 2 N–H and O–H groups in total. The first kappa shape index (κ1) is 13.8. The van der Waals surface area contributed by atoms with Gasteiger partial charge in [-0.05, 0) is 13.0 Å². The maximum atomic E-state index is 11.4. The molecular weight excluding hydrogens is 264 g/mol. The number of anilines is 2. The van der Waals surface area contributed by atoms with Gasteiger partial charge in [-0.15, -0.1) is 0 Å². The molecule has 0 atom stereocenters. The number of nitrogens with zero attached hydrogens (tertiary/aromatic N) is 2. The average Bonchev–Trinajstić information content (AvgIpc) is 2.37. The SMILES string of the molecule is CCNc1cc(N2CC(=O)NC(=O)C2)cc([N+](=O)[O-])c1. The van der Waals surface area contributed by atoms with Crippen LogP contribution in [-0.2, 0) is 9.59 Å². The maximum Gasteiger partial charge on any atom is 0.273 e. The van der Waals surface area contributed by atoms with Crippen LogP contribution >= 0.6 is 0 Å². The Labute approximate surface area is 114 Å². The second-order valence-corrected chi connectivity index (χ2v) is 4.35. The summed E-state index contributed by atoms with van der Waals surface area (Å²) in [4.78, 5) is 34.7. The van der Waals surface area contributed by atoms with Crippen LogP contribution in [0.3, 0.4) is 0 Å². The third-order valence-electron chi connectivity index (χ3n) is 2.81. The Morgan fingerprint density at radius 1 is 1.30 bits per heavy atom. The van der Waals surface area contributed by atoms with E-state index in [0.717, 1.165) is 0 Å². The van der Waals surface area contributed by atoms with E-state index in [-0.39, 0.29) is 18.8 Å². The summed E-state index contributed by atoms with van der Waals surface area (Å²) in [6.45, 7) is 2.48. The number of nitro groups is 1. The molecule has 1 heterocycles. The van der Waals surface area contributed by atoms with E-state index >= 15 is 0 Å². The third-order valence-corrected chi connectivity index (χ3v) is 2.81. The third kappa shape index (κ3) is 3.02. The highest BCUT2D eigenvalue weighted by Crippen LogP contribution is 2.27. The lowest BCUT2D eigenvalue weighted by molar-refractivity contribution is -0.384. The first-order chi connectivity index (χ1) is 9.49. The van der Waals surface area contributed by atoms with Crippen molar-refractivity contribution in [2.45, 2.75) is 6.92 Å². The van der Waals surface area contributed by atoms with Gasteiger partial charge in [0.25, 0.3) is 5.69 Å². The summed E-state index contributed by atoms with van der Waals surface area (Å²) in [6.07, 6.45) is 0. The van der Waals surface area contributed by atoms with E-state index in [0.29, 0.717) is 17.9 Å². The van der Waals surface area contributed by atoms with Gasteiger partial charge >= 0.3 is 0 Å². The Hall–Kier alpha value is -2.64. The van der Waals surface area contributed by atoms with Crippen LogP contribution in [-0.4, -0.2) is 36.4 Å². The van der Waals surface area contributed by atoms with Crippen molar-refractivity contribution in [3.05, 3.63) is 28.3 Å². The van der Waals surface area contributed by atoms with Gasteiger partial charge in [-0.3, -0.25) is 25.0 Å². The van der Waals surface area contributed by atoms with Crippen LogP contribution in [0.5, 0.6) is 0 Å². The van der Waals surface area contributed by atoms with Gasteiger partial charge in [-0.25, -0.2) is 0 Å². The molecule has 8 nitrogen and oxygen atoms in total. The second kappa shape index (κ2) is 5.55. The number of amides is 2. The van der Waals surface area contributed by atoms with Crippen molar-refractivity contribution in [2.24, 2.45) is 0 Å². The van der Waals surface area contributed by atoms with Gasteiger partial charge in [0.1, 0.15) is 0 Å². The number of rotatable bonds is 4. The summed E-state index contributed by atoms with van der Waals surface area (Å²) in [6, 6.07) is 4.45. The van der Waals surface area contributed by atoms with Crippen LogP contribution in [0.2, 0.25) is 0 Å². The maximum absolute atomic E-state index is 11.4. The summed E-state index contributed by atoms with van der Waals surface area (Å²) < 4.78 is 0. The van der Waals surface area contributed by atoms with Gasteiger partial charge in [0.2, 0.25) is 11.8 Å². The largest absolute Gasteiger partial charge is 0.385 e. The molecule has 0 aromatic heterocycles. The molecule has 1 aliphatic heterocycles. The summed E-state index contributed by atoms with van der Waals surface area (Å²) in [5, 5.41) is 16.1. The number of nitro benzene ring substituents is 1. The van der Waals surface area contributed by atoms with Gasteiger partial charge in [0.15, 0.2) is 0 Å². The molecule has 8 heteroatoms. The average molecular weight is 278 g/mol. The molecule has 0 unspecified atom stereocenters. The van der Waals surface area contributed by atoms with Crippen molar-refractivity contribution in [3.8, 4) is 0 Å². The zero-order valence-electron chi connectivity index (χ0n) is 10.9. The molecule has 1 saturated heterocycles. The first-order valence-corrected chi connectivity index (χ1v) is 6.10. The predicted molar refractivity (Wildman–Crippen MR) is 72.6 cm³/mol. The summed E-state index contributed by atoms with van der Waals surface area (Å²) in [5.74, 6) is -0.837. The number of nitrogens with one attached hydrogen (secondary N) is 2. The standard InChI is InChI=1S/C12H14N4O4/c1-2-13-8-3-9(5-10(4-8)16(19)20)15-6-11(17)14-12(18)7-15/h3-5,13H,2,6-7H2,1H3,(H,14,17,18). The normalized spacial score (nSPS) is 14.9. The van der Waals surface area contributed by atoms with Gasteiger partial charge in [0, 0.05) is 30.1 Å². The Kier molecular flexibility index (Phi) is 3.83. The van der Waals surface area contributed by atoms with E-state index in [9.17, 15) is 19.7 Å². The number of hydrogen-bond acceptors (Lipinski definition) is 6. The number of carbonyl (C=O) groups is 2. The molecule has 1 aromatic carbocycles. The number of piperazine rings is 1. The smallest absolute Gasteiger partial charge is 0.273 e. The summed E-state index contributed by atoms with van der Waals surface area (Å²) in [5.41, 5.74) is 0.963.